The SMILES string of the molecule is Cc1cn(C/C=C\CN)c(=O)[nH]c1=O.[Cl-]. The molecule has 3 N–H and O–H groups in total. The van der Waals surface area contributed by atoms with Gasteiger partial charge in [-0.3, -0.25) is 14.3 Å². The Balaban J connectivity index is 0.00000196. The summed E-state index contributed by atoms with van der Waals surface area (Å²) in [5, 5.41) is 0. The number of hydrogen-bond donors (Lipinski definition) is 2. The van der Waals surface area contributed by atoms with E-state index in [1.807, 2.05) is 0 Å². The molecule has 0 unspecified atom stereocenters. The molecule has 0 aromatic carbocycles. The van der Waals surface area contributed by atoms with E-state index in [0.29, 0.717) is 18.7 Å². The molecule has 0 spiro atoms. The molecule has 1 aromatic heterocycles. The highest BCUT2D eigenvalue weighted by atomic mass is 35.5. The van der Waals surface area contributed by atoms with Crippen LogP contribution in [0.1, 0.15) is 5.56 Å². The summed E-state index contributed by atoms with van der Waals surface area (Å²) in [6.45, 7) is 2.52. The summed E-state index contributed by atoms with van der Waals surface area (Å²) in [4.78, 5) is 24.5. The van der Waals surface area contributed by atoms with Gasteiger partial charge in [-0.25, -0.2) is 4.79 Å². The van der Waals surface area contributed by atoms with E-state index in [4.69, 9.17) is 5.73 Å². The van der Waals surface area contributed by atoms with E-state index < -0.39 is 5.69 Å². The van der Waals surface area contributed by atoms with Gasteiger partial charge in [-0.2, -0.15) is 0 Å². The Hall–Kier alpha value is -1.33. The third kappa shape index (κ3) is 3.73. The molecule has 0 aliphatic heterocycles. The van der Waals surface area contributed by atoms with Gasteiger partial charge < -0.3 is 18.1 Å². The van der Waals surface area contributed by atoms with Gasteiger partial charge in [0.1, 0.15) is 0 Å². The van der Waals surface area contributed by atoms with Gasteiger partial charge >= 0.3 is 5.69 Å². The van der Waals surface area contributed by atoms with E-state index in [2.05, 4.69) is 4.98 Å². The number of allylic oxidation sites excluding steroid dienone is 1. The van der Waals surface area contributed by atoms with Crippen LogP contribution < -0.4 is 29.4 Å². The molecule has 0 amide bonds. The molecule has 0 fully saturated rings. The highest BCUT2D eigenvalue weighted by Crippen LogP contribution is 1.85. The van der Waals surface area contributed by atoms with E-state index in [-0.39, 0.29) is 18.0 Å². The Kier molecular flexibility index (Phi) is 5.66. The Morgan fingerprint density at radius 1 is 1.47 bits per heavy atom. The summed E-state index contributed by atoms with van der Waals surface area (Å²) in [7, 11) is 0. The molecule has 5 nitrogen and oxygen atoms in total. The maximum atomic E-state index is 11.2. The van der Waals surface area contributed by atoms with Crippen molar-refractivity contribution in [3.8, 4) is 0 Å². The third-order valence-corrected chi connectivity index (χ3v) is 1.79. The van der Waals surface area contributed by atoms with Crippen molar-refractivity contribution >= 4 is 0 Å². The van der Waals surface area contributed by atoms with Crippen molar-refractivity contribution in [1.82, 2.24) is 9.55 Å². The zero-order valence-electron chi connectivity index (χ0n) is 8.37. The normalized spacial score (nSPS) is 10.3. The average Bonchev–Trinajstić information content (AvgIpc) is 2.14. The summed E-state index contributed by atoms with van der Waals surface area (Å²) >= 11 is 0. The van der Waals surface area contributed by atoms with Crippen LogP contribution in [0.15, 0.2) is 27.9 Å². The lowest BCUT2D eigenvalue weighted by molar-refractivity contribution is -0.00000324. The summed E-state index contributed by atoms with van der Waals surface area (Å²) in [6, 6.07) is 0. The van der Waals surface area contributed by atoms with Crippen LogP contribution in [-0.4, -0.2) is 16.1 Å². The molecule has 0 saturated heterocycles. The second kappa shape index (κ2) is 6.21. The van der Waals surface area contributed by atoms with Crippen molar-refractivity contribution in [2.45, 2.75) is 13.5 Å². The fourth-order valence-electron chi connectivity index (χ4n) is 1.04. The first-order valence-corrected chi connectivity index (χ1v) is 4.30. The molecule has 1 aromatic rings. The molecule has 0 saturated carbocycles. The second-order valence-electron chi connectivity index (χ2n) is 2.93. The van der Waals surface area contributed by atoms with Crippen LogP contribution in [0.25, 0.3) is 0 Å². The smallest absolute Gasteiger partial charge is 0.328 e. The van der Waals surface area contributed by atoms with Crippen LogP contribution in [-0.2, 0) is 6.54 Å². The van der Waals surface area contributed by atoms with Crippen molar-refractivity contribution in [3.63, 3.8) is 0 Å². The number of nitrogens with one attached hydrogen (secondary N) is 1. The van der Waals surface area contributed by atoms with Crippen LogP contribution in [0.3, 0.4) is 0 Å². The number of aromatic nitrogens is 2. The Bertz CT molecular complexity index is 447. The summed E-state index contributed by atoms with van der Waals surface area (Å²) in [5.74, 6) is 0. The van der Waals surface area contributed by atoms with Crippen molar-refractivity contribution in [2.24, 2.45) is 5.73 Å². The van der Waals surface area contributed by atoms with E-state index in [1.165, 1.54) is 10.8 Å². The molecule has 1 rings (SSSR count). The third-order valence-electron chi connectivity index (χ3n) is 1.79. The largest absolute Gasteiger partial charge is 1.00 e. The molecule has 0 aliphatic rings. The number of hydrogen-bond acceptors (Lipinski definition) is 3. The lowest BCUT2D eigenvalue weighted by atomic mass is 10.4. The molecule has 84 valence electrons. The van der Waals surface area contributed by atoms with Crippen LogP contribution in [0.2, 0.25) is 0 Å². The van der Waals surface area contributed by atoms with E-state index in [1.54, 1.807) is 19.1 Å². The highest BCUT2D eigenvalue weighted by Gasteiger charge is 1.97. The highest BCUT2D eigenvalue weighted by molar-refractivity contribution is 5.01. The standard InChI is InChI=1S/C9H13N3O2.ClH/c1-7-6-12(5-3-2-4-10)9(14)11-8(7)13;/h2-3,6H,4-5,10H2,1H3,(H,11,13,14);1H/p-1/b3-2-;. The van der Waals surface area contributed by atoms with Gasteiger partial charge in [-0.05, 0) is 6.92 Å². The van der Waals surface area contributed by atoms with E-state index in [9.17, 15) is 9.59 Å². The first-order valence-electron chi connectivity index (χ1n) is 4.30. The molecular weight excluding hydrogens is 218 g/mol. The lowest BCUT2D eigenvalue weighted by Gasteiger charge is -2.01. The monoisotopic (exact) mass is 230 g/mol. The predicted octanol–water partition coefficient (Wildman–Crippen LogP) is -3.64. The van der Waals surface area contributed by atoms with Gasteiger partial charge in [0, 0.05) is 24.8 Å². The van der Waals surface area contributed by atoms with Gasteiger partial charge in [-0.1, -0.05) is 12.2 Å². The number of H-pyrrole nitrogens is 1. The number of nitrogens with zero attached hydrogens (tertiary/aromatic N) is 1. The average molecular weight is 231 g/mol. The van der Waals surface area contributed by atoms with Gasteiger partial charge in [0.2, 0.25) is 0 Å². The van der Waals surface area contributed by atoms with Crippen LogP contribution in [0, 0.1) is 6.92 Å². The fourth-order valence-corrected chi connectivity index (χ4v) is 1.04. The second-order valence-corrected chi connectivity index (χ2v) is 2.93. The van der Waals surface area contributed by atoms with Gasteiger partial charge in [-0.15, -0.1) is 0 Å². The Morgan fingerprint density at radius 3 is 2.73 bits per heavy atom. The number of aromatic amines is 1. The van der Waals surface area contributed by atoms with Gasteiger partial charge in [0.15, 0.2) is 0 Å². The molecule has 0 radical (unpaired) electrons. The topological polar surface area (TPSA) is 80.9 Å². The van der Waals surface area contributed by atoms with Gasteiger partial charge in [0.25, 0.3) is 5.56 Å². The number of nitrogens with two attached hydrogens (primary N) is 1. The summed E-state index contributed by atoms with van der Waals surface area (Å²) in [6.07, 6.45) is 5.06. The van der Waals surface area contributed by atoms with Gasteiger partial charge in [0.05, 0.1) is 0 Å². The van der Waals surface area contributed by atoms with Crippen LogP contribution in [0.5, 0.6) is 0 Å². The van der Waals surface area contributed by atoms with Crippen molar-refractivity contribution in [1.29, 1.82) is 0 Å². The first-order chi connectivity index (χ1) is 6.65. The maximum Gasteiger partial charge on any atom is 0.328 e. The fraction of sp³-hybridized carbons (Fsp3) is 0.333. The zero-order chi connectivity index (χ0) is 10.6. The molecule has 1 heterocycles. The molecular formula is C9H13ClN3O2-. The Morgan fingerprint density at radius 2 is 2.13 bits per heavy atom. The van der Waals surface area contributed by atoms with Crippen LogP contribution >= 0.6 is 0 Å². The molecule has 0 bridgehead atoms. The minimum Gasteiger partial charge on any atom is -1.00 e. The summed E-state index contributed by atoms with van der Waals surface area (Å²) < 4.78 is 1.42. The number of aryl methyl sites for hydroxylation is 1. The van der Waals surface area contributed by atoms with Crippen molar-refractivity contribution in [2.75, 3.05) is 6.54 Å². The van der Waals surface area contributed by atoms with Crippen molar-refractivity contribution in [3.05, 3.63) is 44.8 Å². The molecule has 0 aliphatic carbocycles. The lowest BCUT2D eigenvalue weighted by Crippen LogP contribution is -3.00. The maximum absolute atomic E-state index is 11.2. The minimum absolute atomic E-state index is 0. The van der Waals surface area contributed by atoms with E-state index >= 15 is 0 Å². The minimum atomic E-state index is -0.401. The van der Waals surface area contributed by atoms with Crippen molar-refractivity contribution < 1.29 is 12.4 Å². The van der Waals surface area contributed by atoms with Crippen LogP contribution in [0.4, 0.5) is 0 Å². The predicted molar refractivity (Wildman–Crippen MR) is 54.3 cm³/mol. The zero-order valence-corrected chi connectivity index (χ0v) is 9.12. The summed E-state index contributed by atoms with van der Waals surface area (Å²) in [5.41, 5.74) is 5.03. The molecule has 6 heteroatoms. The number of rotatable bonds is 3. The quantitative estimate of drug-likeness (QED) is 0.526. The van der Waals surface area contributed by atoms with E-state index in [0.717, 1.165) is 0 Å². The number of halogens is 1. The first kappa shape index (κ1) is 13.7. The molecule has 0 atom stereocenters. The molecule has 15 heavy (non-hydrogen) atoms. The Labute approximate surface area is 93.0 Å².